The van der Waals surface area contributed by atoms with E-state index >= 15 is 0 Å². The average Bonchev–Trinajstić information content (AvgIpc) is 2.95. The molecule has 0 amide bonds. The highest BCUT2D eigenvalue weighted by atomic mass is 35.6. The summed E-state index contributed by atoms with van der Waals surface area (Å²) >= 11 is 33.2. The molecule has 0 aliphatic carbocycles. The molecule has 124 valence electrons. The van der Waals surface area contributed by atoms with Crippen LogP contribution < -0.4 is 9.47 Å². The van der Waals surface area contributed by atoms with E-state index in [-0.39, 0.29) is 11.6 Å². The van der Waals surface area contributed by atoms with Crippen molar-refractivity contribution in [2.24, 2.45) is 0 Å². The quantitative estimate of drug-likeness (QED) is 0.546. The second-order valence-corrected chi connectivity index (χ2v) is 8.54. The van der Waals surface area contributed by atoms with Crippen molar-refractivity contribution in [2.45, 2.75) is 7.59 Å². The largest absolute Gasteiger partial charge is 0.454 e. The van der Waals surface area contributed by atoms with Gasteiger partial charge < -0.3 is 9.47 Å². The number of nitrogens with zero attached hydrogens (tertiary/aromatic N) is 3. The van der Waals surface area contributed by atoms with Gasteiger partial charge in [0.1, 0.15) is 6.33 Å². The van der Waals surface area contributed by atoms with E-state index in [4.69, 9.17) is 79.1 Å². The van der Waals surface area contributed by atoms with Gasteiger partial charge in [-0.15, -0.1) is 0 Å². The first-order valence-corrected chi connectivity index (χ1v) is 8.13. The van der Waals surface area contributed by atoms with Crippen LogP contribution in [0.5, 0.6) is 11.5 Å². The summed E-state index contributed by atoms with van der Waals surface area (Å²) in [4.78, 5) is 11.0. The van der Waals surface area contributed by atoms with Crippen LogP contribution in [-0.2, 0) is 7.59 Å². The smallest absolute Gasteiger partial charge is 0.250 e. The summed E-state index contributed by atoms with van der Waals surface area (Å²) in [6.45, 7) is 0.360. The zero-order valence-electron chi connectivity index (χ0n) is 11.0. The first kappa shape index (κ1) is 18.9. The normalized spacial score (nSPS) is 13.3. The molecule has 3 rings (SSSR count). The van der Waals surface area contributed by atoms with Crippen molar-refractivity contribution in [3.05, 3.63) is 42.2 Å². The Balaban J connectivity index is 0.000000182. The van der Waals surface area contributed by atoms with E-state index in [0.717, 1.165) is 17.8 Å². The predicted octanol–water partition coefficient (Wildman–Crippen LogP) is 4.94. The van der Waals surface area contributed by atoms with Crippen molar-refractivity contribution in [2.75, 3.05) is 6.79 Å². The van der Waals surface area contributed by atoms with Crippen LogP contribution in [0.15, 0.2) is 30.6 Å². The fourth-order valence-electron chi connectivity index (χ4n) is 1.41. The van der Waals surface area contributed by atoms with Crippen molar-refractivity contribution in [3.8, 4) is 11.5 Å². The van der Waals surface area contributed by atoms with Crippen molar-refractivity contribution in [1.29, 1.82) is 0 Å². The fraction of sp³-hybridized carbons (Fsp3) is 0.250. The number of alkyl halides is 6. The van der Waals surface area contributed by atoms with Gasteiger partial charge in [-0.25, -0.2) is 15.0 Å². The minimum absolute atomic E-state index is 0.0983. The van der Waals surface area contributed by atoms with Crippen LogP contribution in [0.2, 0.25) is 0 Å². The summed E-state index contributed by atoms with van der Waals surface area (Å²) in [6, 6.07) is 7.63. The van der Waals surface area contributed by atoms with E-state index in [1.54, 1.807) is 0 Å². The summed E-state index contributed by atoms with van der Waals surface area (Å²) in [6.07, 6.45) is 1.10. The Morgan fingerprint density at radius 3 is 1.61 bits per heavy atom. The molecule has 0 unspecified atom stereocenters. The molecule has 11 heteroatoms. The molecule has 0 fully saturated rings. The number of aromatic nitrogens is 3. The van der Waals surface area contributed by atoms with Crippen LogP contribution in [-0.4, -0.2) is 21.7 Å². The lowest BCUT2D eigenvalue weighted by Crippen LogP contribution is -2.14. The van der Waals surface area contributed by atoms with E-state index in [1.807, 2.05) is 24.3 Å². The second kappa shape index (κ2) is 7.64. The molecule has 0 spiro atoms. The van der Waals surface area contributed by atoms with Gasteiger partial charge in [-0.1, -0.05) is 81.7 Å². The highest BCUT2D eigenvalue weighted by molar-refractivity contribution is 6.67. The van der Waals surface area contributed by atoms with Crippen molar-refractivity contribution in [1.82, 2.24) is 15.0 Å². The van der Waals surface area contributed by atoms with Gasteiger partial charge >= 0.3 is 0 Å². The number of fused-ring (bicyclic) bond motifs is 1. The van der Waals surface area contributed by atoms with Gasteiger partial charge in [0.05, 0.1) is 0 Å². The van der Waals surface area contributed by atoms with E-state index < -0.39 is 7.59 Å². The van der Waals surface area contributed by atoms with E-state index in [2.05, 4.69) is 15.0 Å². The Morgan fingerprint density at radius 2 is 1.22 bits per heavy atom. The molecule has 5 nitrogen and oxygen atoms in total. The van der Waals surface area contributed by atoms with Crippen LogP contribution in [0.25, 0.3) is 0 Å². The second-order valence-electron chi connectivity index (χ2n) is 3.98. The Bertz CT molecular complexity index is 622. The first-order valence-electron chi connectivity index (χ1n) is 5.86. The van der Waals surface area contributed by atoms with Gasteiger partial charge in [0, 0.05) is 0 Å². The maximum Gasteiger partial charge on any atom is 0.250 e. The number of benzene rings is 1. The molecule has 23 heavy (non-hydrogen) atoms. The van der Waals surface area contributed by atoms with Crippen molar-refractivity contribution < 1.29 is 9.47 Å². The minimum atomic E-state index is -1.77. The van der Waals surface area contributed by atoms with Crippen LogP contribution in [0.4, 0.5) is 0 Å². The van der Waals surface area contributed by atoms with Gasteiger partial charge in [-0.3, -0.25) is 0 Å². The molecule has 0 saturated carbocycles. The lowest BCUT2D eigenvalue weighted by atomic mass is 10.3. The highest BCUT2D eigenvalue weighted by Gasteiger charge is 2.32. The van der Waals surface area contributed by atoms with Gasteiger partial charge in [-0.05, 0) is 12.1 Å². The standard InChI is InChI=1S/C7H6O2.C5HCl6N3/c1-2-4-7-6(3-1)8-5-9-7;6-4(7,8)2-12-1-13-3(14-2)5(9,10)11/h1-4H,5H2;1H. The van der Waals surface area contributed by atoms with Gasteiger partial charge in [0.2, 0.25) is 14.4 Å². The molecule has 2 heterocycles. The molecular weight excluding hydrogens is 431 g/mol. The minimum Gasteiger partial charge on any atom is -0.454 e. The number of hydrogen-bond donors (Lipinski definition) is 0. The number of ether oxygens (including phenoxy) is 2. The molecular formula is C12H7Cl6N3O2. The summed E-state index contributed by atoms with van der Waals surface area (Å²) < 4.78 is 6.61. The molecule has 1 aromatic heterocycles. The topological polar surface area (TPSA) is 57.1 Å². The lowest BCUT2D eigenvalue weighted by Gasteiger charge is -2.12. The molecule has 0 bridgehead atoms. The molecule has 0 N–H and O–H groups in total. The molecule has 2 aromatic rings. The highest BCUT2D eigenvalue weighted by Crippen LogP contribution is 2.39. The summed E-state index contributed by atoms with van der Waals surface area (Å²) in [5, 5.41) is 0. The summed E-state index contributed by atoms with van der Waals surface area (Å²) in [5.74, 6) is 1.49. The number of para-hydroxylation sites is 2. The lowest BCUT2D eigenvalue weighted by molar-refractivity contribution is 0.174. The van der Waals surface area contributed by atoms with E-state index in [9.17, 15) is 0 Å². The van der Waals surface area contributed by atoms with Crippen molar-refractivity contribution >= 4 is 69.6 Å². The van der Waals surface area contributed by atoms with E-state index in [0.29, 0.717) is 6.79 Å². The zero-order chi connectivity index (χ0) is 17.1. The van der Waals surface area contributed by atoms with Crippen LogP contribution in [0.1, 0.15) is 11.6 Å². The number of rotatable bonds is 0. The Morgan fingerprint density at radius 1 is 0.783 bits per heavy atom. The maximum atomic E-state index is 5.53. The predicted molar refractivity (Wildman–Crippen MR) is 90.9 cm³/mol. The number of halogens is 6. The molecule has 1 aliphatic rings. The Labute approximate surface area is 161 Å². The van der Waals surface area contributed by atoms with E-state index in [1.165, 1.54) is 0 Å². The Hall–Kier alpha value is -0.430. The third-order valence-electron chi connectivity index (χ3n) is 2.36. The van der Waals surface area contributed by atoms with Gasteiger partial charge in [0.25, 0.3) is 0 Å². The Kier molecular flexibility index (Phi) is 6.28. The molecule has 1 aromatic carbocycles. The van der Waals surface area contributed by atoms with Crippen LogP contribution >= 0.6 is 69.6 Å². The van der Waals surface area contributed by atoms with Crippen LogP contribution in [0, 0.1) is 0 Å². The molecule has 0 radical (unpaired) electrons. The van der Waals surface area contributed by atoms with Crippen LogP contribution in [0.3, 0.4) is 0 Å². The summed E-state index contributed by atoms with van der Waals surface area (Å²) in [7, 11) is 0. The SMILES string of the molecule is ClC(Cl)(Cl)c1ncnc(C(Cl)(Cl)Cl)n1.c1ccc2c(c1)OCO2. The molecule has 1 aliphatic heterocycles. The molecule has 0 atom stereocenters. The zero-order valence-corrected chi connectivity index (χ0v) is 15.6. The maximum absolute atomic E-state index is 5.53. The van der Waals surface area contributed by atoms with Gasteiger partial charge in [-0.2, -0.15) is 0 Å². The molecule has 0 saturated heterocycles. The third-order valence-corrected chi connectivity index (χ3v) is 3.37. The summed E-state index contributed by atoms with van der Waals surface area (Å²) in [5.41, 5.74) is 0. The average molecular weight is 438 g/mol. The fourth-order valence-corrected chi connectivity index (χ4v) is 1.96. The van der Waals surface area contributed by atoms with Crippen molar-refractivity contribution in [3.63, 3.8) is 0 Å². The first-order chi connectivity index (χ1) is 10.7. The number of hydrogen-bond acceptors (Lipinski definition) is 5. The monoisotopic (exact) mass is 435 g/mol. The van der Waals surface area contributed by atoms with Gasteiger partial charge in [0.15, 0.2) is 23.1 Å². The third kappa shape index (κ3) is 5.55.